The van der Waals surface area contributed by atoms with Crippen LogP contribution in [-0.2, 0) is 0 Å². The Morgan fingerprint density at radius 3 is 2.52 bits per heavy atom. The van der Waals surface area contributed by atoms with Crippen LogP contribution in [0.4, 0.5) is 11.4 Å². The normalized spacial score (nSPS) is 10.3. The highest BCUT2D eigenvalue weighted by Crippen LogP contribution is 2.33. The number of methoxy groups -OCH3 is 1. The van der Waals surface area contributed by atoms with E-state index >= 15 is 0 Å². The summed E-state index contributed by atoms with van der Waals surface area (Å²) in [7, 11) is 1.60. The minimum absolute atomic E-state index is 0.0680. The molecule has 2 rings (SSSR count). The number of hydrogen-bond acceptors (Lipinski definition) is 5. The van der Waals surface area contributed by atoms with Crippen LogP contribution < -0.4 is 14.8 Å². The van der Waals surface area contributed by atoms with E-state index in [2.05, 4.69) is 16.4 Å². The van der Waals surface area contributed by atoms with Gasteiger partial charge < -0.3 is 14.8 Å². The average Bonchev–Trinajstić information content (AvgIpc) is 2.48. The van der Waals surface area contributed by atoms with E-state index in [0.717, 1.165) is 17.1 Å². The molecule has 5 nitrogen and oxygen atoms in total. The first-order valence-corrected chi connectivity index (χ1v) is 7.44. The monoisotopic (exact) mass is 311 g/mol. The van der Waals surface area contributed by atoms with Crippen molar-refractivity contribution < 1.29 is 9.47 Å². The Hall–Kier alpha value is -2.74. The van der Waals surface area contributed by atoms with Crippen molar-refractivity contribution in [3.8, 4) is 17.6 Å². The number of hydrogen-bond donors (Lipinski definition) is 1. The number of pyridine rings is 1. The molecule has 1 aromatic heterocycles. The summed E-state index contributed by atoms with van der Waals surface area (Å²) in [6.07, 6.45) is 0.0680. The van der Waals surface area contributed by atoms with Gasteiger partial charge in [-0.2, -0.15) is 5.26 Å². The molecule has 120 valence electrons. The van der Waals surface area contributed by atoms with Crippen LogP contribution in [0.3, 0.4) is 0 Å². The van der Waals surface area contributed by atoms with Crippen molar-refractivity contribution in [3.63, 3.8) is 0 Å². The number of ether oxygens (including phenoxy) is 2. The zero-order chi connectivity index (χ0) is 17.0. The molecule has 0 amide bonds. The molecule has 0 aliphatic heterocycles. The summed E-state index contributed by atoms with van der Waals surface area (Å²) in [6.45, 7) is 7.66. The summed E-state index contributed by atoms with van der Waals surface area (Å²) in [5.41, 5.74) is 3.66. The maximum Gasteiger partial charge on any atom is 0.162 e. The molecule has 0 unspecified atom stereocenters. The molecule has 0 radical (unpaired) electrons. The molecule has 0 saturated heterocycles. The van der Waals surface area contributed by atoms with Crippen LogP contribution in [0.2, 0.25) is 0 Å². The van der Waals surface area contributed by atoms with Crippen molar-refractivity contribution in [2.24, 2.45) is 0 Å². The first-order valence-electron chi connectivity index (χ1n) is 7.44. The molecular weight excluding hydrogens is 290 g/mol. The van der Waals surface area contributed by atoms with Gasteiger partial charge in [0.1, 0.15) is 6.07 Å². The summed E-state index contributed by atoms with van der Waals surface area (Å²) in [5, 5.41) is 12.6. The second-order valence-corrected chi connectivity index (χ2v) is 5.54. The van der Waals surface area contributed by atoms with Crippen LogP contribution in [-0.4, -0.2) is 18.2 Å². The molecule has 0 bridgehead atoms. The van der Waals surface area contributed by atoms with Gasteiger partial charge in [0.15, 0.2) is 11.5 Å². The summed E-state index contributed by atoms with van der Waals surface area (Å²) >= 11 is 0. The lowest BCUT2D eigenvalue weighted by Crippen LogP contribution is -2.07. The molecule has 0 saturated carbocycles. The van der Waals surface area contributed by atoms with E-state index in [-0.39, 0.29) is 6.10 Å². The van der Waals surface area contributed by atoms with Gasteiger partial charge in [0, 0.05) is 17.4 Å². The summed E-state index contributed by atoms with van der Waals surface area (Å²) in [4.78, 5) is 4.32. The number of benzene rings is 1. The fraction of sp³-hybridized carbons (Fsp3) is 0.333. The lowest BCUT2D eigenvalue weighted by atomic mass is 10.1. The summed E-state index contributed by atoms with van der Waals surface area (Å²) < 4.78 is 11.1. The third kappa shape index (κ3) is 3.92. The standard InChI is InChI=1S/C18H21N3O2/c1-11(2)23-17-7-6-14(9-18(17)22-5)21-16-8-12(3)20-13(4)15(16)10-19/h6-9,11H,1-5H3,(H,20,21). The van der Waals surface area contributed by atoms with Crippen molar-refractivity contribution in [1.82, 2.24) is 4.98 Å². The van der Waals surface area contributed by atoms with Crippen molar-refractivity contribution in [2.45, 2.75) is 33.8 Å². The molecule has 23 heavy (non-hydrogen) atoms. The van der Waals surface area contributed by atoms with Gasteiger partial charge in [-0.1, -0.05) is 0 Å². The average molecular weight is 311 g/mol. The minimum atomic E-state index is 0.0680. The Kier molecular flexibility index (Phi) is 5.07. The molecule has 0 fully saturated rings. The van der Waals surface area contributed by atoms with Crippen molar-refractivity contribution in [3.05, 3.63) is 41.2 Å². The van der Waals surface area contributed by atoms with Gasteiger partial charge in [-0.3, -0.25) is 4.98 Å². The maximum absolute atomic E-state index is 9.34. The molecule has 0 aliphatic rings. The highest BCUT2D eigenvalue weighted by molar-refractivity contribution is 5.69. The Balaban J connectivity index is 2.36. The summed E-state index contributed by atoms with van der Waals surface area (Å²) in [5.74, 6) is 1.33. The minimum Gasteiger partial charge on any atom is -0.493 e. The highest BCUT2D eigenvalue weighted by Gasteiger charge is 2.11. The van der Waals surface area contributed by atoms with Crippen LogP contribution in [0.1, 0.15) is 30.8 Å². The van der Waals surface area contributed by atoms with Crippen LogP contribution in [0, 0.1) is 25.2 Å². The zero-order valence-corrected chi connectivity index (χ0v) is 14.1. The van der Waals surface area contributed by atoms with Gasteiger partial charge in [-0.05, 0) is 45.9 Å². The second kappa shape index (κ2) is 7.01. The second-order valence-electron chi connectivity index (χ2n) is 5.54. The van der Waals surface area contributed by atoms with Crippen molar-refractivity contribution in [2.75, 3.05) is 12.4 Å². The van der Waals surface area contributed by atoms with E-state index in [9.17, 15) is 5.26 Å². The van der Waals surface area contributed by atoms with E-state index in [1.165, 1.54) is 0 Å². The molecular formula is C18H21N3O2. The quantitative estimate of drug-likeness (QED) is 0.900. The number of nitrogens with one attached hydrogen (secondary N) is 1. The topological polar surface area (TPSA) is 67.2 Å². The molecule has 1 heterocycles. The van der Waals surface area contributed by atoms with E-state index in [4.69, 9.17) is 9.47 Å². The first-order chi connectivity index (χ1) is 10.9. The van der Waals surface area contributed by atoms with Gasteiger partial charge in [-0.25, -0.2) is 0 Å². The number of nitrogens with zero attached hydrogens (tertiary/aromatic N) is 2. The number of aromatic nitrogens is 1. The number of anilines is 2. The van der Waals surface area contributed by atoms with Crippen molar-refractivity contribution >= 4 is 11.4 Å². The molecule has 0 atom stereocenters. The number of nitriles is 1. The SMILES string of the molecule is COc1cc(Nc2cc(C)nc(C)c2C#N)ccc1OC(C)C. The molecule has 2 aromatic rings. The Labute approximate surface area is 136 Å². The fourth-order valence-electron chi connectivity index (χ4n) is 2.32. The lowest BCUT2D eigenvalue weighted by Gasteiger charge is -2.16. The van der Waals surface area contributed by atoms with Crippen LogP contribution >= 0.6 is 0 Å². The van der Waals surface area contributed by atoms with Gasteiger partial charge in [-0.15, -0.1) is 0 Å². The van der Waals surface area contributed by atoms with E-state index in [1.807, 2.05) is 52.0 Å². The van der Waals surface area contributed by atoms with E-state index < -0.39 is 0 Å². The fourth-order valence-corrected chi connectivity index (χ4v) is 2.32. The molecule has 1 N–H and O–H groups in total. The Morgan fingerprint density at radius 2 is 1.91 bits per heavy atom. The van der Waals surface area contributed by atoms with Crippen LogP contribution in [0.25, 0.3) is 0 Å². The van der Waals surface area contributed by atoms with Gasteiger partial charge in [0.2, 0.25) is 0 Å². The molecule has 0 spiro atoms. The molecule has 5 heteroatoms. The van der Waals surface area contributed by atoms with Gasteiger partial charge in [0.05, 0.1) is 30.2 Å². The van der Waals surface area contributed by atoms with Gasteiger partial charge in [0.25, 0.3) is 0 Å². The highest BCUT2D eigenvalue weighted by atomic mass is 16.5. The Bertz CT molecular complexity index is 749. The zero-order valence-electron chi connectivity index (χ0n) is 14.1. The van der Waals surface area contributed by atoms with Crippen LogP contribution in [0.5, 0.6) is 11.5 Å². The van der Waals surface area contributed by atoms with Gasteiger partial charge >= 0.3 is 0 Å². The molecule has 1 aromatic carbocycles. The first kappa shape index (κ1) is 16.6. The third-order valence-corrected chi connectivity index (χ3v) is 3.25. The number of rotatable bonds is 5. The summed E-state index contributed by atoms with van der Waals surface area (Å²) in [6, 6.07) is 9.66. The predicted molar refractivity (Wildman–Crippen MR) is 90.5 cm³/mol. The molecule has 0 aliphatic carbocycles. The van der Waals surface area contributed by atoms with E-state index in [1.54, 1.807) is 7.11 Å². The lowest BCUT2D eigenvalue weighted by molar-refractivity contribution is 0.230. The smallest absolute Gasteiger partial charge is 0.162 e. The van der Waals surface area contributed by atoms with Crippen LogP contribution in [0.15, 0.2) is 24.3 Å². The maximum atomic E-state index is 9.34. The van der Waals surface area contributed by atoms with E-state index in [0.29, 0.717) is 22.8 Å². The largest absolute Gasteiger partial charge is 0.493 e. The number of aryl methyl sites for hydroxylation is 2. The third-order valence-electron chi connectivity index (χ3n) is 3.25. The van der Waals surface area contributed by atoms with Crippen molar-refractivity contribution in [1.29, 1.82) is 5.26 Å². The Morgan fingerprint density at radius 1 is 1.17 bits per heavy atom. The predicted octanol–water partition coefficient (Wildman–Crippen LogP) is 4.11.